The van der Waals surface area contributed by atoms with Crippen molar-refractivity contribution in [3.8, 4) is 0 Å². The Labute approximate surface area is 293 Å². The van der Waals surface area contributed by atoms with Gasteiger partial charge in [-0.25, -0.2) is 4.57 Å². The second-order valence-electron chi connectivity index (χ2n) is 12.8. The zero-order valence-corrected chi connectivity index (χ0v) is 31.6. The largest absolute Gasteiger partial charge is 0.472 e. The summed E-state index contributed by atoms with van der Waals surface area (Å²) in [5, 5.41) is 0. The van der Waals surface area contributed by atoms with Crippen LogP contribution in [-0.2, 0) is 32.7 Å². The van der Waals surface area contributed by atoms with E-state index in [0.29, 0.717) is 12.8 Å². The quantitative estimate of drug-likeness (QED) is 0.0283. The van der Waals surface area contributed by atoms with E-state index < -0.39 is 32.5 Å². The van der Waals surface area contributed by atoms with Gasteiger partial charge in [-0.05, 0) is 64.2 Å². The molecule has 0 amide bonds. The van der Waals surface area contributed by atoms with E-state index in [1.807, 2.05) is 0 Å². The second kappa shape index (κ2) is 35.3. The number of phosphoric ester groups is 1. The summed E-state index contributed by atoms with van der Waals surface area (Å²) in [5.74, 6) is -0.857. The van der Waals surface area contributed by atoms with E-state index >= 15 is 0 Å². The third-order valence-electron chi connectivity index (χ3n) is 8.06. The zero-order chi connectivity index (χ0) is 35.4. The van der Waals surface area contributed by atoms with Crippen molar-refractivity contribution < 1.29 is 37.6 Å². The molecule has 0 rings (SSSR count). The number of esters is 2. The van der Waals surface area contributed by atoms with Crippen molar-refractivity contribution in [3.63, 3.8) is 0 Å². The van der Waals surface area contributed by atoms with Crippen LogP contribution in [0.3, 0.4) is 0 Å². The first-order chi connectivity index (χ1) is 23.3. The SMILES string of the molecule is CCCCC/C=C/CCCCCCCC(=O)O[C@H](COC(=O)CCCCC/C=C/CCCCCCCCCC)COP(=O)(O)OCCN. The van der Waals surface area contributed by atoms with Gasteiger partial charge in [-0.15, -0.1) is 0 Å². The molecule has 282 valence electrons. The van der Waals surface area contributed by atoms with Gasteiger partial charge in [0.15, 0.2) is 6.10 Å². The minimum Gasteiger partial charge on any atom is -0.462 e. The fourth-order valence-electron chi connectivity index (χ4n) is 5.15. The number of phosphoric acid groups is 1. The number of carbonyl (C=O) groups is 2. The fraction of sp³-hybridized carbons (Fsp3) is 0.842. The molecule has 0 radical (unpaired) electrons. The highest BCUT2D eigenvalue weighted by atomic mass is 31.2. The van der Waals surface area contributed by atoms with Crippen molar-refractivity contribution in [1.29, 1.82) is 0 Å². The van der Waals surface area contributed by atoms with Crippen molar-refractivity contribution in [2.45, 2.75) is 180 Å². The summed E-state index contributed by atoms with van der Waals surface area (Å²) in [6.07, 6.45) is 34.9. The molecule has 9 nitrogen and oxygen atoms in total. The first-order valence-corrected chi connectivity index (χ1v) is 20.8. The van der Waals surface area contributed by atoms with E-state index in [0.717, 1.165) is 64.2 Å². The Kier molecular flexibility index (Phi) is 34.2. The van der Waals surface area contributed by atoms with Crippen LogP contribution in [0.4, 0.5) is 0 Å². The molecular weight excluding hydrogens is 629 g/mol. The molecule has 0 heterocycles. The van der Waals surface area contributed by atoms with Crippen LogP contribution >= 0.6 is 7.82 Å². The van der Waals surface area contributed by atoms with Crippen molar-refractivity contribution in [2.75, 3.05) is 26.4 Å². The Bertz CT molecular complexity index is 851. The number of hydrogen-bond acceptors (Lipinski definition) is 8. The lowest BCUT2D eigenvalue weighted by molar-refractivity contribution is -0.161. The van der Waals surface area contributed by atoms with Crippen LogP contribution in [0.2, 0.25) is 0 Å². The number of hydrogen-bond donors (Lipinski definition) is 2. The molecule has 10 heteroatoms. The van der Waals surface area contributed by atoms with Gasteiger partial charge in [0, 0.05) is 19.4 Å². The topological polar surface area (TPSA) is 134 Å². The van der Waals surface area contributed by atoms with Crippen molar-refractivity contribution in [3.05, 3.63) is 24.3 Å². The molecule has 0 aromatic carbocycles. The standard InChI is InChI=1S/C38H72NO8P/c1-3-5-7-9-11-13-15-17-18-19-21-22-24-26-28-30-37(40)44-34-36(35-46-48(42,43)45-33-32-39)47-38(41)31-29-27-25-23-20-16-14-12-10-8-6-4-2/h12,14,19,21,36H,3-11,13,15-18,20,22-35,39H2,1-2H3,(H,42,43)/b14-12+,21-19+/t36-/m1/s1. The Balaban J connectivity index is 4.24. The van der Waals surface area contributed by atoms with E-state index in [2.05, 4.69) is 38.2 Å². The van der Waals surface area contributed by atoms with Gasteiger partial charge in [-0.3, -0.25) is 18.6 Å². The van der Waals surface area contributed by atoms with Crippen LogP contribution in [0.1, 0.15) is 174 Å². The molecule has 1 unspecified atom stereocenters. The first kappa shape index (κ1) is 46.5. The molecule has 0 bridgehead atoms. The van der Waals surface area contributed by atoms with E-state index in [1.165, 1.54) is 70.6 Å². The summed E-state index contributed by atoms with van der Waals surface area (Å²) in [7, 11) is -4.37. The predicted octanol–water partition coefficient (Wildman–Crippen LogP) is 10.4. The second-order valence-corrected chi connectivity index (χ2v) is 14.2. The first-order valence-electron chi connectivity index (χ1n) is 19.3. The van der Waals surface area contributed by atoms with Crippen LogP contribution in [-0.4, -0.2) is 49.3 Å². The molecule has 0 aromatic heterocycles. The maximum atomic E-state index is 12.5. The molecule has 2 atom stereocenters. The maximum Gasteiger partial charge on any atom is 0.472 e. The Hall–Kier alpha value is -1.51. The normalized spacial score (nSPS) is 13.7. The van der Waals surface area contributed by atoms with Gasteiger partial charge in [0.2, 0.25) is 0 Å². The molecule has 0 aliphatic rings. The smallest absolute Gasteiger partial charge is 0.462 e. The van der Waals surface area contributed by atoms with Crippen molar-refractivity contribution in [2.24, 2.45) is 5.73 Å². The Morgan fingerprint density at radius 3 is 1.54 bits per heavy atom. The molecule has 3 N–H and O–H groups in total. The van der Waals surface area contributed by atoms with Crippen LogP contribution in [0.15, 0.2) is 24.3 Å². The molecule has 0 saturated carbocycles. The third kappa shape index (κ3) is 34.4. The summed E-state index contributed by atoms with van der Waals surface area (Å²) in [4.78, 5) is 34.7. The predicted molar refractivity (Wildman–Crippen MR) is 197 cm³/mol. The minimum absolute atomic E-state index is 0.0509. The molecule has 48 heavy (non-hydrogen) atoms. The lowest BCUT2D eigenvalue weighted by Gasteiger charge is -2.19. The monoisotopic (exact) mass is 701 g/mol. The summed E-state index contributed by atoms with van der Waals surface area (Å²) in [6.45, 7) is 3.67. The van der Waals surface area contributed by atoms with Gasteiger partial charge in [0.25, 0.3) is 0 Å². The summed E-state index contributed by atoms with van der Waals surface area (Å²) >= 11 is 0. The molecule has 0 aromatic rings. The molecule has 0 spiro atoms. The van der Waals surface area contributed by atoms with E-state index in [-0.39, 0.29) is 32.6 Å². The van der Waals surface area contributed by atoms with Crippen molar-refractivity contribution in [1.82, 2.24) is 0 Å². The number of rotatable bonds is 36. The Morgan fingerprint density at radius 2 is 1.02 bits per heavy atom. The molecule has 0 aliphatic heterocycles. The average molecular weight is 702 g/mol. The highest BCUT2D eigenvalue weighted by molar-refractivity contribution is 7.47. The lowest BCUT2D eigenvalue weighted by Crippen LogP contribution is -2.29. The number of ether oxygens (including phenoxy) is 2. The number of carbonyl (C=O) groups excluding carboxylic acids is 2. The van der Waals surface area contributed by atoms with E-state index in [1.54, 1.807) is 0 Å². The average Bonchev–Trinajstić information content (AvgIpc) is 3.07. The maximum absolute atomic E-state index is 12.5. The highest BCUT2D eigenvalue weighted by Gasteiger charge is 2.25. The number of allylic oxidation sites excluding steroid dienone is 4. The molecule has 0 saturated heterocycles. The molecular formula is C38H72NO8P. The fourth-order valence-corrected chi connectivity index (χ4v) is 5.92. The van der Waals surface area contributed by atoms with Gasteiger partial charge in [-0.2, -0.15) is 0 Å². The highest BCUT2D eigenvalue weighted by Crippen LogP contribution is 2.43. The molecule has 0 aliphatic carbocycles. The summed E-state index contributed by atoms with van der Waals surface area (Å²) in [6, 6.07) is 0. The van der Waals surface area contributed by atoms with Gasteiger partial charge in [0.05, 0.1) is 13.2 Å². The van der Waals surface area contributed by atoms with Gasteiger partial charge in [-0.1, -0.05) is 122 Å². The van der Waals surface area contributed by atoms with Crippen LogP contribution in [0.5, 0.6) is 0 Å². The summed E-state index contributed by atoms with van der Waals surface area (Å²) < 4.78 is 32.6. The molecule has 0 fully saturated rings. The van der Waals surface area contributed by atoms with Gasteiger partial charge < -0.3 is 20.1 Å². The van der Waals surface area contributed by atoms with Crippen molar-refractivity contribution >= 4 is 19.8 Å². The van der Waals surface area contributed by atoms with E-state index in [9.17, 15) is 19.0 Å². The van der Waals surface area contributed by atoms with Crippen LogP contribution < -0.4 is 5.73 Å². The number of unbranched alkanes of at least 4 members (excludes halogenated alkanes) is 19. The van der Waals surface area contributed by atoms with Crippen LogP contribution in [0, 0.1) is 0 Å². The Morgan fingerprint density at radius 1 is 0.604 bits per heavy atom. The van der Waals surface area contributed by atoms with E-state index in [4.69, 9.17) is 24.3 Å². The van der Waals surface area contributed by atoms with Crippen LogP contribution in [0.25, 0.3) is 0 Å². The number of nitrogens with two attached hydrogens (primary N) is 1. The zero-order valence-electron chi connectivity index (χ0n) is 30.7. The third-order valence-corrected chi connectivity index (χ3v) is 9.04. The summed E-state index contributed by atoms with van der Waals surface area (Å²) in [5.41, 5.74) is 5.33. The van der Waals surface area contributed by atoms with Gasteiger partial charge in [0.1, 0.15) is 6.61 Å². The van der Waals surface area contributed by atoms with Gasteiger partial charge >= 0.3 is 19.8 Å². The lowest BCUT2D eigenvalue weighted by atomic mass is 10.1. The minimum atomic E-state index is -4.37.